The van der Waals surface area contributed by atoms with E-state index in [2.05, 4.69) is 53.5 Å². The van der Waals surface area contributed by atoms with Gasteiger partial charge in [-0.1, -0.05) is 19.6 Å². The topological polar surface area (TPSA) is 21.3 Å². The molecule has 92 valence electrons. The number of hydrogen-bond donors (Lipinski definition) is 1. The molecule has 3 heteroatoms. The van der Waals surface area contributed by atoms with E-state index in [9.17, 15) is 0 Å². The van der Waals surface area contributed by atoms with Crippen molar-refractivity contribution < 1.29 is 4.74 Å². The summed E-state index contributed by atoms with van der Waals surface area (Å²) in [5.74, 6) is 1.56. The van der Waals surface area contributed by atoms with Gasteiger partial charge in [0.15, 0.2) is 0 Å². The molecule has 0 spiro atoms. The van der Waals surface area contributed by atoms with E-state index in [0.717, 1.165) is 25.3 Å². The predicted octanol–water partition coefficient (Wildman–Crippen LogP) is 3.11. The number of ether oxygens (including phenoxy) is 1. The van der Waals surface area contributed by atoms with Gasteiger partial charge in [-0.05, 0) is 64.7 Å². The highest BCUT2D eigenvalue weighted by molar-refractivity contribution is 14.1. The molecule has 0 radical (unpaired) electrons. The van der Waals surface area contributed by atoms with E-state index in [1.54, 1.807) is 6.08 Å². The van der Waals surface area contributed by atoms with Gasteiger partial charge in [-0.2, -0.15) is 0 Å². The highest BCUT2D eigenvalue weighted by Gasteiger charge is 2.17. The third-order valence-electron chi connectivity index (χ3n) is 3.10. The number of rotatable bonds is 3. The first-order valence-electron chi connectivity index (χ1n) is 5.99. The van der Waals surface area contributed by atoms with E-state index in [1.807, 2.05) is 0 Å². The van der Waals surface area contributed by atoms with Crippen LogP contribution in [0.15, 0.2) is 24.8 Å². The normalized spacial score (nSPS) is 19.3. The second kappa shape index (κ2) is 5.87. The van der Waals surface area contributed by atoms with Gasteiger partial charge in [0.25, 0.3) is 0 Å². The van der Waals surface area contributed by atoms with Crippen LogP contribution < -0.4 is 10.1 Å². The highest BCUT2D eigenvalue weighted by Crippen LogP contribution is 2.31. The van der Waals surface area contributed by atoms with Crippen LogP contribution in [0.1, 0.15) is 24.0 Å². The molecule has 0 aliphatic carbocycles. The van der Waals surface area contributed by atoms with E-state index in [0.29, 0.717) is 12.5 Å². The summed E-state index contributed by atoms with van der Waals surface area (Å²) in [5, 5.41) is 3.47. The lowest BCUT2D eigenvalue weighted by molar-refractivity contribution is 0.360. The maximum atomic E-state index is 5.68. The lowest BCUT2D eigenvalue weighted by atomic mass is 9.95. The monoisotopic (exact) mass is 343 g/mol. The van der Waals surface area contributed by atoms with Gasteiger partial charge < -0.3 is 10.1 Å². The molecule has 2 nitrogen and oxygen atoms in total. The lowest BCUT2D eigenvalue weighted by Crippen LogP contribution is -2.18. The van der Waals surface area contributed by atoms with Gasteiger partial charge in [0.1, 0.15) is 12.4 Å². The van der Waals surface area contributed by atoms with Crippen molar-refractivity contribution >= 4 is 22.6 Å². The first kappa shape index (κ1) is 12.9. The lowest BCUT2D eigenvalue weighted by Gasteiger charge is -2.15. The molecular formula is C14H18INO. The minimum absolute atomic E-state index is 0.572. The molecule has 0 bridgehead atoms. The number of halogens is 1. The summed E-state index contributed by atoms with van der Waals surface area (Å²) in [6.45, 7) is 8.65. The predicted molar refractivity (Wildman–Crippen MR) is 79.8 cm³/mol. The van der Waals surface area contributed by atoms with Gasteiger partial charge in [0, 0.05) is 6.54 Å². The largest absolute Gasteiger partial charge is 0.488 e. The summed E-state index contributed by atoms with van der Waals surface area (Å²) < 4.78 is 6.87. The molecule has 1 aromatic carbocycles. The van der Waals surface area contributed by atoms with Gasteiger partial charge in [0.2, 0.25) is 0 Å². The quantitative estimate of drug-likeness (QED) is 0.673. The minimum atomic E-state index is 0.572. The van der Waals surface area contributed by atoms with Crippen molar-refractivity contribution in [2.75, 3.05) is 19.7 Å². The van der Waals surface area contributed by atoms with Gasteiger partial charge in [-0.25, -0.2) is 0 Å². The summed E-state index contributed by atoms with van der Waals surface area (Å²) in [6, 6.07) is 4.47. The van der Waals surface area contributed by atoms with Gasteiger partial charge in [0.05, 0.1) is 3.57 Å². The summed E-state index contributed by atoms with van der Waals surface area (Å²) in [7, 11) is 0. The molecule has 1 aromatic rings. The summed E-state index contributed by atoms with van der Waals surface area (Å²) in [4.78, 5) is 0. The molecule has 1 aliphatic heterocycles. The zero-order valence-corrected chi connectivity index (χ0v) is 12.3. The Kier molecular flexibility index (Phi) is 4.45. The van der Waals surface area contributed by atoms with Crippen molar-refractivity contribution in [3.8, 4) is 5.75 Å². The Morgan fingerprint density at radius 1 is 1.59 bits per heavy atom. The molecule has 0 amide bonds. The van der Waals surface area contributed by atoms with Crippen molar-refractivity contribution in [2.45, 2.75) is 19.3 Å². The van der Waals surface area contributed by atoms with Crippen LogP contribution in [0.4, 0.5) is 0 Å². The van der Waals surface area contributed by atoms with Crippen LogP contribution in [0.3, 0.4) is 0 Å². The van der Waals surface area contributed by atoms with Crippen molar-refractivity contribution in [3.63, 3.8) is 0 Å². The maximum absolute atomic E-state index is 5.68. The second-order valence-electron chi connectivity index (χ2n) is 4.44. The fourth-order valence-corrected chi connectivity index (χ4v) is 2.84. The van der Waals surface area contributed by atoms with Gasteiger partial charge >= 0.3 is 0 Å². The molecule has 1 heterocycles. The smallest absolute Gasteiger partial charge is 0.133 e. The third kappa shape index (κ3) is 3.01. The fraction of sp³-hybridized carbons (Fsp3) is 0.429. The average molecular weight is 343 g/mol. The van der Waals surface area contributed by atoms with Gasteiger partial charge in [-0.3, -0.25) is 0 Å². The number of benzene rings is 1. The van der Waals surface area contributed by atoms with Crippen molar-refractivity contribution in [1.29, 1.82) is 0 Å². The molecule has 0 aromatic heterocycles. The van der Waals surface area contributed by atoms with Crippen LogP contribution in [0.25, 0.3) is 0 Å². The molecule has 2 rings (SSSR count). The SMILES string of the molecule is C=CCOc1cc2c(cc1I)[C@@H](C)CNCC2. The minimum Gasteiger partial charge on any atom is -0.488 e. The first-order valence-corrected chi connectivity index (χ1v) is 7.07. The van der Waals surface area contributed by atoms with Crippen LogP contribution in [-0.2, 0) is 6.42 Å². The molecular weight excluding hydrogens is 325 g/mol. The van der Waals surface area contributed by atoms with E-state index >= 15 is 0 Å². The molecule has 0 unspecified atom stereocenters. The third-order valence-corrected chi connectivity index (χ3v) is 3.95. The van der Waals surface area contributed by atoms with Crippen LogP contribution in [0.5, 0.6) is 5.75 Å². The summed E-state index contributed by atoms with van der Waals surface area (Å²) >= 11 is 2.35. The average Bonchev–Trinajstić information content (AvgIpc) is 2.49. The van der Waals surface area contributed by atoms with Crippen LogP contribution >= 0.6 is 22.6 Å². The fourth-order valence-electron chi connectivity index (χ4n) is 2.20. The Labute approximate surface area is 117 Å². The Hall–Kier alpha value is -0.550. The first-order chi connectivity index (χ1) is 8.22. The van der Waals surface area contributed by atoms with Crippen LogP contribution in [0.2, 0.25) is 0 Å². The Bertz CT molecular complexity index is 417. The number of fused-ring (bicyclic) bond motifs is 1. The molecule has 1 atom stereocenters. The van der Waals surface area contributed by atoms with Crippen molar-refractivity contribution in [1.82, 2.24) is 5.32 Å². The van der Waals surface area contributed by atoms with E-state index in [1.165, 1.54) is 14.7 Å². The molecule has 0 fully saturated rings. The van der Waals surface area contributed by atoms with E-state index in [4.69, 9.17) is 4.74 Å². The Morgan fingerprint density at radius 3 is 3.18 bits per heavy atom. The maximum Gasteiger partial charge on any atom is 0.133 e. The standard InChI is InChI=1S/C14H18INO/c1-3-6-17-14-7-11-4-5-16-9-10(2)12(11)8-13(14)15/h3,7-8,10,16H,1,4-6,9H2,2H3/t10-/m0/s1. The summed E-state index contributed by atoms with van der Waals surface area (Å²) in [6.07, 6.45) is 2.87. The molecule has 1 N–H and O–H groups in total. The molecule has 0 saturated heterocycles. The van der Waals surface area contributed by atoms with Crippen molar-refractivity contribution in [2.24, 2.45) is 0 Å². The Morgan fingerprint density at radius 2 is 2.41 bits per heavy atom. The summed E-state index contributed by atoms with van der Waals surface area (Å²) in [5.41, 5.74) is 2.88. The van der Waals surface area contributed by atoms with Crippen molar-refractivity contribution in [3.05, 3.63) is 39.5 Å². The Balaban J connectivity index is 2.33. The van der Waals surface area contributed by atoms with Crippen LogP contribution in [0, 0.1) is 3.57 Å². The second-order valence-corrected chi connectivity index (χ2v) is 5.60. The number of hydrogen-bond acceptors (Lipinski definition) is 2. The van der Waals surface area contributed by atoms with Gasteiger partial charge in [-0.15, -0.1) is 0 Å². The molecule has 1 aliphatic rings. The van der Waals surface area contributed by atoms with E-state index in [-0.39, 0.29) is 0 Å². The molecule has 17 heavy (non-hydrogen) atoms. The van der Waals surface area contributed by atoms with Crippen LogP contribution in [-0.4, -0.2) is 19.7 Å². The zero-order chi connectivity index (χ0) is 12.3. The highest BCUT2D eigenvalue weighted by atomic mass is 127. The zero-order valence-electron chi connectivity index (χ0n) is 10.1. The number of nitrogens with one attached hydrogen (secondary N) is 1. The van der Waals surface area contributed by atoms with E-state index < -0.39 is 0 Å². The molecule has 0 saturated carbocycles.